The molecule has 1 aliphatic heterocycles. The molecule has 0 aromatic rings. The van der Waals surface area contributed by atoms with Gasteiger partial charge < -0.3 is 10.6 Å². The first kappa shape index (κ1) is 10.9. The van der Waals surface area contributed by atoms with Crippen LogP contribution in [0.5, 0.6) is 0 Å². The minimum Gasteiger partial charge on any atom is -0.336 e. The lowest BCUT2D eigenvalue weighted by atomic mass is 9.88. The number of hydrogen-bond donors (Lipinski definition) is 1. The minimum absolute atomic E-state index is 0.0179. The van der Waals surface area contributed by atoms with Crippen LogP contribution in [0.15, 0.2) is 0 Å². The molecule has 2 N–H and O–H groups in total. The molecular formula is C12H22N2O. The van der Waals surface area contributed by atoms with Crippen LogP contribution in [-0.4, -0.2) is 29.4 Å². The van der Waals surface area contributed by atoms with Gasteiger partial charge in [0.05, 0.1) is 5.54 Å². The van der Waals surface area contributed by atoms with Crippen molar-refractivity contribution in [3.05, 3.63) is 0 Å². The molecule has 0 atom stereocenters. The number of amides is 1. The Labute approximate surface area is 92.0 Å². The highest BCUT2D eigenvalue weighted by atomic mass is 16.2. The van der Waals surface area contributed by atoms with Gasteiger partial charge in [0, 0.05) is 19.5 Å². The first-order valence-electron chi connectivity index (χ1n) is 6.29. The molecule has 0 bridgehead atoms. The zero-order valence-electron chi connectivity index (χ0n) is 9.50. The summed E-state index contributed by atoms with van der Waals surface area (Å²) in [6.45, 7) is 1.59. The maximum Gasteiger partial charge on any atom is 0.223 e. The van der Waals surface area contributed by atoms with Gasteiger partial charge in [0.2, 0.25) is 5.91 Å². The highest BCUT2D eigenvalue weighted by molar-refractivity contribution is 5.79. The lowest BCUT2D eigenvalue weighted by Gasteiger charge is -2.40. The SMILES string of the molecule is NCC1(N2CCCC2=O)CCCCCC1. The zero-order chi connectivity index (χ0) is 10.7. The summed E-state index contributed by atoms with van der Waals surface area (Å²) >= 11 is 0. The second-order valence-corrected chi connectivity index (χ2v) is 4.99. The molecule has 2 rings (SSSR count). The van der Waals surface area contributed by atoms with Crippen LogP contribution in [0.1, 0.15) is 51.4 Å². The number of carbonyl (C=O) groups is 1. The standard InChI is InChI=1S/C12H22N2O/c13-10-12(7-3-1-2-4-8-12)14-9-5-6-11(14)15/h1-10,13H2. The Morgan fingerprint density at radius 2 is 1.80 bits per heavy atom. The molecule has 0 aromatic carbocycles. The highest BCUT2D eigenvalue weighted by Crippen LogP contribution is 2.34. The molecule has 1 amide bonds. The summed E-state index contributed by atoms with van der Waals surface area (Å²) in [5, 5.41) is 0. The van der Waals surface area contributed by atoms with E-state index in [2.05, 4.69) is 4.90 Å². The second-order valence-electron chi connectivity index (χ2n) is 4.99. The fourth-order valence-electron chi connectivity index (χ4n) is 3.12. The van der Waals surface area contributed by atoms with Crippen LogP contribution in [0.2, 0.25) is 0 Å². The fraction of sp³-hybridized carbons (Fsp3) is 0.917. The second kappa shape index (κ2) is 4.52. The number of likely N-dealkylation sites (tertiary alicyclic amines) is 1. The summed E-state index contributed by atoms with van der Waals surface area (Å²) in [5.74, 6) is 0.336. The summed E-state index contributed by atoms with van der Waals surface area (Å²) < 4.78 is 0. The quantitative estimate of drug-likeness (QED) is 0.705. The normalized spacial score (nSPS) is 26.7. The summed E-state index contributed by atoms with van der Waals surface area (Å²) in [4.78, 5) is 13.9. The molecule has 1 aliphatic carbocycles. The average Bonchev–Trinajstić information content (AvgIpc) is 2.56. The molecule has 3 nitrogen and oxygen atoms in total. The largest absolute Gasteiger partial charge is 0.336 e. The van der Waals surface area contributed by atoms with Gasteiger partial charge in [0.15, 0.2) is 0 Å². The molecule has 86 valence electrons. The Hall–Kier alpha value is -0.570. The maximum absolute atomic E-state index is 11.8. The molecule has 15 heavy (non-hydrogen) atoms. The van der Waals surface area contributed by atoms with E-state index in [1.165, 1.54) is 25.7 Å². The minimum atomic E-state index is 0.0179. The predicted molar refractivity (Wildman–Crippen MR) is 60.4 cm³/mol. The van der Waals surface area contributed by atoms with E-state index in [-0.39, 0.29) is 5.54 Å². The lowest BCUT2D eigenvalue weighted by Crippen LogP contribution is -2.54. The number of nitrogens with zero attached hydrogens (tertiary/aromatic N) is 1. The van der Waals surface area contributed by atoms with Gasteiger partial charge in [0.1, 0.15) is 0 Å². The van der Waals surface area contributed by atoms with Crippen LogP contribution in [0.3, 0.4) is 0 Å². The predicted octanol–water partition coefficient (Wildman–Crippen LogP) is 1.66. The van der Waals surface area contributed by atoms with E-state index in [1.807, 2.05) is 0 Å². The molecule has 1 saturated carbocycles. The van der Waals surface area contributed by atoms with Crippen LogP contribution >= 0.6 is 0 Å². The van der Waals surface area contributed by atoms with Crippen molar-refractivity contribution in [2.75, 3.05) is 13.1 Å². The van der Waals surface area contributed by atoms with E-state index >= 15 is 0 Å². The monoisotopic (exact) mass is 210 g/mol. The van der Waals surface area contributed by atoms with E-state index in [9.17, 15) is 4.79 Å². The highest BCUT2D eigenvalue weighted by Gasteiger charge is 2.40. The van der Waals surface area contributed by atoms with Crippen molar-refractivity contribution in [2.45, 2.75) is 56.9 Å². The third-order valence-corrected chi connectivity index (χ3v) is 4.06. The van der Waals surface area contributed by atoms with Crippen molar-refractivity contribution in [3.8, 4) is 0 Å². The van der Waals surface area contributed by atoms with Gasteiger partial charge in [-0.1, -0.05) is 25.7 Å². The van der Waals surface area contributed by atoms with E-state index in [4.69, 9.17) is 5.73 Å². The maximum atomic E-state index is 11.8. The van der Waals surface area contributed by atoms with E-state index in [1.54, 1.807) is 0 Å². The van der Waals surface area contributed by atoms with Crippen molar-refractivity contribution in [2.24, 2.45) is 5.73 Å². The van der Waals surface area contributed by atoms with Gasteiger partial charge in [0.25, 0.3) is 0 Å². The number of rotatable bonds is 2. The van der Waals surface area contributed by atoms with E-state index in [0.29, 0.717) is 12.5 Å². The molecule has 1 heterocycles. The van der Waals surface area contributed by atoms with Gasteiger partial charge >= 0.3 is 0 Å². The van der Waals surface area contributed by atoms with Crippen molar-refractivity contribution in [1.82, 2.24) is 4.90 Å². The summed E-state index contributed by atoms with van der Waals surface area (Å²) in [6.07, 6.45) is 9.10. The molecule has 0 spiro atoms. The molecular weight excluding hydrogens is 188 g/mol. The Kier molecular flexibility index (Phi) is 3.29. The average molecular weight is 210 g/mol. The van der Waals surface area contributed by atoms with Crippen molar-refractivity contribution >= 4 is 5.91 Å². The molecule has 0 unspecified atom stereocenters. The van der Waals surface area contributed by atoms with Gasteiger partial charge in [-0.2, -0.15) is 0 Å². The number of carbonyl (C=O) groups excluding carboxylic acids is 1. The summed E-state index contributed by atoms with van der Waals surface area (Å²) in [6, 6.07) is 0. The third-order valence-electron chi connectivity index (χ3n) is 4.06. The smallest absolute Gasteiger partial charge is 0.223 e. The Balaban J connectivity index is 2.14. The van der Waals surface area contributed by atoms with Crippen LogP contribution in [0.25, 0.3) is 0 Å². The van der Waals surface area contributed by atoms with Gasteiger partial charge in [-0.25, -0.2) is 0 Å². The Morgan fingerprint density at radius 1 is 1.13 bits per heavy atom. The van der Waals surface area contributed by atoms with Gasteiger partial charge in [-0.15, -0.1) is 0 Å². The van der Waals surface area contributed by atoms with Crippen LogP contribution in [0, 0.1) is 0 Å². The Morgan fingerprint density at radius 3 is 2.27 bits per heavy atom. The van der Waals surface area contributed by atoms with Crippen molar-refractivity contribution in [1.29, 1.82) is 0 Å². The van der Waals surface area contributed by atoms with Crippen LogP contribution in [0.4, 0.5) is 0 Å². The molecule has 3 heteroatoms. The van der Waals surface area contributed by atoms with Gasteiger partial charge in [-0.05, 0) is 19.3 Å². The third kappa shape index (κ3) is 2.03. The summed E-state index contributed by atoms with van der Waals surface area (Å²) in [7, 11) is 0. The van der Waals surface area contributed by atoms with Crippen molar-refractivity contribution in [3.63, 3.8) is 0 Å². The lowest BCUT2D eigenvalue weighted by molar-refractivity contribution is -0.133. The van der Waals surface area contributed by atoms with Crippen LogP contribution in [-0.2, 0) is 4.79 Å². The fourth-order valence-corrected chi connectivity index (χ4v) is 3.12. The number of nitrogens with two attached hydrogens (primary N) is 1. The molecule has 0 aromatic heterocycles. The first-order valence-corrected chi connectivity index (χ1v) is 6.29. The Bertz CT molecular complexity index is 232. The van der Waals surface area contributed by atoms with E-state index < -0.39 is 0 Å². The zero-order valence-corrected chi connectivity index (χ0v) is 9.50. The molecule has 0 radical (unpaired) electrons. The topological polar surface area (TPSA) is 46.3 Å². The van der Waals surface area contributed by atoms with Gasteiger partial charge in [-0.3, -0.25) is 4.79 Å². The van der Waals surface area contributed by atoms with E-state index in [0.717, 1.165) is 32.2 Å². The molecule has 2 aliphatic rings. The molecule has 2 fully saturated rings. The van der Waals surface area contributed by atoms with Crippen molar-refractivity contribution < 1.29 is 4.79 Å². The molecule has 1 saturated heterocycles. The first-order chi connectivity index (χ1) is 7.28. The number of hydrogen-bond acceptors (Lipinski definition) is 2. The summed E-state index contributed by atoms with van der Waals surface area (Å²) in [5.41, 5.74) is 5.97. The van der Waals surface area contributed by atoms with Crippen LogP contribution < -0.4 is 5.73 Å².